The minimum absolute atomic E-state index is 0.102. The molecule has 3 aromatic carbocycles. The SMILES string of the molecule is Cc1cccc(-c2nc(C)c(C(C)C)c(N3CCN(C(=O)c4cccc5ccccc45)CC3)n2)c1. The van der Waals surface area contributed by atoms with Crippen LogP contribution >= 0.6 is 0 Å². The number of carbonyl (C=O) groups is 1. The van der Waals surface area contributed by atoms with Crippen molar-refractivity contribution in [3.63, 3.8) is 0 Å². The summed E-state index contributed by atoms with van der Waals surface area (Å²) >= 11 is 0. The Labute approximate surface area is 207 Å². The Morgan fingerprint density at radius 2 is 1.57 bits per heavy atom. The number of fused-ring (bicyclic) bond motifs is 1. The van der Waals surface area contributed by atoms with Gasteiger partial charge in [0.15, 0.2) is 5.82 Å². The monoisotopic (exact) mass is 464 g/mol. The van der Waals surface area contributed by atoms with Crippen LogP contribution in [0.1, 0.15) is 46.9 Å². The molecule has 5 heteroatoms. The summed E-state index contributed by atoms with van der Waals surface area (Å²) in [6.45, 7) is 11.4. The zero-order valence-electron chi connectivity index (χ0n) is 21.0. The summed E-state index contributed by atoms with van der Waals surface area (Å²) < 4.78 is 0. The van der Waals surface area contributed by atoms with Crippen molar-refractivity contribution in [2.45, 2.75) is 33.6 Å². The minimum atomic E-state index is 0.102. The first kappa shape index (κ1) is 23.0. The summed E-state index contributed by atoms with van der Waals surface area (Å²) in [7, 11) is 0. The molecule has 1 aromatic heterocycles. The molecule has 4 aromatic rings. The largest absolute Gasteiger partial charge is 0.353 e. The molecule has 1 aliphatic heterocycles. The van der Waals surface area contributed by atoms with Crippen molar-refractivity contribution in [3.05, 3.63) is 89.1 Å². The van der Waals surface area contributed by atoms with Gasteiger partial charge in [-0.2, -0.15) is 0 Å². The lowest BCUT2D eigenvalue weighted by Gasteiger charge is -2.37. The molecule has 35 heavy (non-hydrogen) atoms. The highest BCUT2D eigenvalue weighted by Gasteiger charge is 2.27. The van der Waals surface area contributed by atoms with Crippen molar-refractivity contribution >= 4 is 22.5 Å². The van der Waals surface area contributed by atoms with Gasteiger partial charge in [0.05, 0.1) is 0 Å². The number of rotatable bonds is 4. The summed E-state index contributed by atoms with van der Waals surface area (Å²) in [5, 5.41) is 2.11. The smallest absolute Gasteiger partial charge is 0.254 e. The second kappa shape index (κ2) is 9.49. The van der Waals surface area contributed by atoms with Gasteiger partial charge in [0.25, 0.3) is 5.91 Å². The van der Waals surface area contributed by atoms with E-state index in [0.29, 0.717) is 19.0 Å². The third kappa shape index (κ3) is 4.51. The van der Waals surface area contributed by atoms with Gasteiger partial charge in [-0.05, 0) is 42.7 Å². The average Bonchev–Trinajstić information content (AvgIpc) is 2.87. The molecule has 5 nitrogen and oxygen atoms in total. The van der Waals surface area contributed by atoms with Crippen LogP contribution in [0.2, 0.25) is 0 Å². The van der Waals surface area contributed by atoms with Crippen molar-refractivity contribution in [2.24, 2.45) is 0 Å². The molecule has 178 valence electrons. The van der Waals surface area contributed by atoms with Gasteiger partial charge in [-0.25, -0.2) is 9.97 Å². The van der Waals surface area contributed by atoms with E-state index < -0.39 is 0 Å². The molecule has 0 aliphatic carbocycles. The molecule has 0 N–H and O–H groups in total. The summed E-state index contributed by atoms with van der Waals surface area (Å²) in [5.41, 5.74) is 5.22. The Morgan fingerprint density at radius 3 is 2.31 bits per heavy atom. The number of amides is 1. The van der Waals surface area contributed by atoms with Crippen LogP contribution in [0.4, 0.5) is 5.82 Å². The zero-order valence-corrected chi connectivity index (χ0v) is 21.0. The number of hydrogen-bond acceptors (Lipinski definition) is 4. The normalized spacial score (nSPS) is 14.1. The number of carbonyl (C=O) groups excluding carboxylic acids is 1. The van der Waals surface area contributed by atoms with E-state index in [2.05, 4.69) is 69.0 Å². The first-order valence-corrected chi connectivity index (χ1v) is 12.4. The van der Waals surface area contributed by atoms with Crippen LogP contribution in [0, 0.1) is 13.8 Å². The lowest BCUT2D eigenvalue weighted by molar-refractivity contribution is 0.0748. The van der Waals surface area contributed by atoms with Crippen LogP contribution in [-0.2, 0) is 0 Å². The highest BCUT2D eigenvalue weighted by molar-refractivity contribution is 6.07. The van der Waals surface area contributed by atoms with Gasteiger partial charge < -0.3 is 9.80 Å². The summed E-state index contributed by atoms with van der Waals surface area (Å²) in [6, 6.07) is 22.4. The van der Waals surface area contributed by atoms with E-state index in [1.54, 1.807) is 0 Å². The van der Waals surface area contributed by atoms with Crippen LogP contribution in [0.15, 0.2) is 66.7 Å². The topological polar surface area (TPSA) is 49.3 Å². The summed E-state index contributed by atoms with van der Waals surface area (Å²) in [4.78, 5) is 27.7. The number of nitrogens with zero attached hydrogens (tertiary/aromatic N) is 4. The fourth-order valence-corrected chi connectivity index (χ4v) is 5.10. The molecule has 1 amide bonds. The molecule has 1 fully saturated rings. The van der Waals surface area contributed by atoms with Gasteiger partial charge in [0.1, 0.15) is 5.82 Å². The molecule has 0 atom stereocenters. The van der Waals surface area contributed by atoms with Crippen molar-refractivity contribution in [1.29, 1.82) is 0 Å². The predicted octanol–water partition coefficient (Wildman–Crippen LogP) is 6.00. The lowest BCUT2D eigenvalue weighted by Crippen LogP contribution is -2.49. The molecule has 1 saturated heterocycles. The number of anilines is 1. The maximum absolute atomic E-state index is 13.4. The van der Waals surface area contributed by atoms with Crippen LogP contribution < -0.4 is 4.90 Å². The van der Waals surface area contributed by atoms with E-state index in [0.717, 1.165) is 52.3 Å². The van der Waals surface area contributed by atoms with E-state index in [4.69, 9.17) is 9.97 Å². The maximum atomic E-state index is 13.4. The van der Waals surface area contributed by atoms with Crippen molar-refractivity contribution in [1.82, 2.24) is 14.9 Å². The van der Waals surface area contributed by atoms with E-state index in [1.165, 1.54) is 11.1 Å². The van der Waals surface area contributed by atoms with Crippen LogP contribution in [0.25, 0.3) is 22.2 Å². The average molecular weight is 465 g/mol. The molecule has 0 bridgehead atoms. The Kier molecular flexibility index (Phi) is 6.25. The Bertz CT molecular complexity index is 1380. The molecule has 0 unspecified atom stereocenters. The molecule has 5 rings (SSSR count). The van der Waals surface area contributed by atoms with E-state index in [9.17, 15) is 4.79 Å². The molecule has 2 heterocycles. The van der Waals surface area contributed by atoms with Gasteiger partial charge in [-0.15, -0.1) is 0 Å². The number of hydrogen-bond donors (Lipinski definition) is 0. The third-order valence-corrected chi connectivity index (χ3v) is 6.86. The highest BCUT2D eigenvalue weighted by Crippen LogP contribution is 2.32. The van der Waals surface area contributed by atoms with E-state index >= 15 is 0 Å². The molecule has 0 spiro atoms. The second-order valence-electron chi connectivity index (χ2n) is 9.70. The highest BCUT2D eigenvalue weighted by atomic mass is 16.2. The zero-order chi connectivity index (χ0) is 24.5. The van der Waals surface area contributed by atoms with Crippen molar-refractivity contribution in [3.8, 4) is 11.4 Å². The van der Waals surface area contributed by atoms with Gasteiger partial charge in [0.2, 0.25) is 0 Å². The fraction of sp³-hybridized carbons (Fsp3) is 0.300. The quantitative estimate of drug-likeness (QED) is 0.372. The molecular formula is C30H32N4O. The fourth-order valence-electron chi connectivity index (χ4n) is 5.10. The van der Waals surface area contributed by atoms with Crippen molar-refractivity contribution in [2.75, 3.05) is 31.1 Å². The third-order valence-electron chi connectivity index (χ3n) is 6.86. The lowest BCUT2D eigenvalue weighted by atomic mass is 10.0. The van der Waals surface area contributed by atoms with Crippen LogP contribution in [0.5, 0.6) is 0 Å². The molecule has 0 radical (unpaired) electrons. The number of piperazine rings is 1. The Hall–Kier alpha value is -3.73. The van der Waals surface area contributed by atoms with Gasteiger partial charge in [-0.1, -0.05) is 74.0 Å². The van der Waals surface area contributed by atoms with Crippen LogP contribution in [0.3, 0.4) is 0 Å². The minimum Gasteiger partial charge on any atom is -0.353 e. The molecule has 1 aliphatic rings. The Balaban J connectivity index is 1.42. The van der Waals surface area contributed by atoms with Crippen LogP contribution in [-0.4, -0.2) is 47.0 Å². The van der Waals surface area contributed by atoms with Gasteiger partial charge in [0, 0.05) is 48.6 Å². The molecule has 0 saturated carbocycles. The number of aryl methyl sites for hydroxylation is 2. The summed E-state index contributed by atoms with van der Waals surface area (Å²) in [5.74, 6) is 2.18. The number of aromatic nitrogens is 2. The first-order valence-electron chi connectivity index (χ1n) is 12.4. The summed E-state index contributed by atoms with van der Waals surface area (Å²) in [6.07, 6.45) is 0. The standard InChI is InChI=1S/C30H32N4O/c1-20(2)27-22(4)31-28(24-12-7-9-21(3)19-24)32-29(27)33-15-17-34(18-16-33)30(35)26-14-8-11-23-10-5-6-13-25(23)26/h5-14,19-20H,15-18H2,1-4H3. The van der Waals surface area contributed by atoms with E-state index in [-0.39, 0.29) is 5.91 Å². The second-order valence-corrected chi connectivity index (χ2v) is 9.70. The maximum Gasteiger partial charge on any atom is 0.254 e. The van der Waals surface area contributed by atoms with Gasteiger partial charge >= 0.3 is 0 Å². The van der Waals surface area contributed by atoms with E-state index in [1.807, 2.05) is 35.2 Å². The van der Waals surface area contributed by atoms with Gasteiger partial charge in [-0.3, -0.25) is 4.79 Å². The number of benzene rings is 3. The Morgan fingerprint density at radius 1 is 0.857 bits per heavy atom. The molecular weight excluding hydrogens is 432 g/mol. The first-order chi connectivity index (χ1) is 16.9. The predicted molar refractivity (Wildman–Crippen MR) is 143 cm³/mol. The van der Waals surface area contributed by atoms with Crippen molar-refractivity contribution < 1.29 is 4.79 Å².